The van der Waals surface area contributed by atoms with Crippen molar-refractivity contribution in [3.63, 3.8) is 0 Å². The van der Waals surface area contributed by atoms with E-state index in [2.05, 4.69) is 5.32 Å². The minimum atomic E-state index is -0.862. The summed E-state index contributed by atoms with van der Waals surface area (Å²) in [7, 11) is 1.48. The molecule has 6 nitrogen and oxygen atoms in total. The summed E-state index contributed by atoms with van der Waals surface area (Å²) in [6, 6.07) is 20.6. The second kappa shape index (κ2) is 11.5. The molecule has 4 aromatic rings. The highest BCUT2D eigenvalue weighted by atomic mass is 35.5. The summed E-state index contributed by atoms with van der Waals surface area (Å²) in [5.74, 6) is -0.161. The Morgan fingerprint density at radius 3 is 2.34 bits per heavy atom. The average Bonchev–Trinajstić information content (AvgIpc) is 2.89. The van der Waals surface area contributed by atoms with E-state index in [9.17, 15) is 14.4 Å². The van der Waals surface area contributed by atoms with Crippen molar-refractivity contribution in [3.8, 4) is 16.9 Å². The summed E-state index contributed by atoms with van der Waals surface area (Å²) in [6.45, 7) is 5.39. The number of amides is 1. The van der Waals surface area contributed by atoms with Crippen molar-refractivity contribution in [2.75, 3.05) is 12.4 Å². The number of nitrogens with zero attached hydrogens (tertiary/aromatic N) is 1. The third kappa shape index (κ3) is 5.87. The van der Waals surface area contributed by atoms with E-state index in [0.717, 1.165) is 16.7 Å². The van der Waals surface area contributed by atoms with E-state index in [1.165, 1.54) is 30.9 Å². The number of carbonyl (C=O) groups excluding carboxylic acids is 2. The summed E-state index contributed by atoms with van der Waals surface area (Å²) in [5.41, 5.74) is 4.59. The number of methoxy groups -OCH3 is 1. The molecule has 0 fully saturated rings. The number of Topliss-reactive ketones (excluding diaryl/α,β-unsaturated/α-hetero) is 1. The van der Waals surface area contributed by atoms with Crippen LogP contribution in [-0.4, -0.2) is 23.4 Å². The maximum atomic E-state index is 13.6. The summed E-state index contributed by atoms with van der Waals surface area (Å²) in [6.07, 6.45) is 1.82. The molecule has 38 heavy (non-hydrogen) atoms. The molecule has 1 N–H and O–H groups in total. The van der Waals surface area contributed by atoms with E-state index < -0.39 is 11.6 Å². The number of anilines is 1. The second-order valence-electron chi connectivity index (χ2n) is 9.25. The lowest BCUT2D eigenvalue weighted by Gasteiger charge is -2.22. The van der Waals surface area contributed by atoms with Crippen LogP contribution in [0.5, 0.6) is 5.75 Å². The number of rotatable bonds is 8. The van der Waals surface area contributed by atoms with Gasteiger partial charge in [0, 0.05) is 34.3 Å². The van der Waals surface area contributed by atoms with Crippen molar-refractivity contribution in [1.82, 2.24) is 4.57 Å². The van der Waals surface area contributed by atoms with Crippen molar-refractivity contribution in [3.05, 3.63) is 117 Å². The van der Waals surface area contributed by atoms with Crippen LogP contribution >= 0.6 is 11.6 Å². The Hall–Kier alpha value is -4.16. The molecule has 7 heteroatoms. The quantitative estimate of drug-likeness (QED) is 0.268. The number of halogens is 1. The molecule has 0 saturated carbocycles. The van der Waals surface area contributed by atoms with E-state index in [1.807, 2.05) is 62.4 Å². The van der Waals surface area contributed by atoms with Crippen LogP contribution in [0.2, 0.25) is 5.02 Å². The van der Waals surface area contributed by atoms with Crippen molar-refractivity contribution in [1.29, 1.82) is 0 Å². The van der Waals surface area contributed by atoms with Crippen molar-refractivity contribution >= 4 is 29.0 Å². The van der Waals surface area contributed by atoms with Gasteiger partial charge in [0.15, 0.2) is 5.78 Å². The summed E-state index contributed by atoms with van der Waals surface area (Å²) >= 11 is 6.23. The van der Waals surface area contributed by atoms with Crippen LogP contribution in [-0.2, 0) is 11.2 Å². The van der Waals surface area contributed by atoms with E-state index in [0.29, 0.717) is 39.6 Å². The lowest BCUT2D eigenvalue weighted by Crippen LogP contribution is -2.34. The highest BCUT2D eigenvalue weighted by molar-refractivity contribution is 6.31. The fourth-order valence-electron chi connectivity index (χ4n) is 4.42. The van der Waals surface area contributed by atoms with Crippen LogP contribution in [0.1, 0.15) is 40.0 Å². The Kier molecular flexibility index (Phi) is 8.13. The number of aromatic nitrogens is 1. The van der Waals surface area contributed by atoms with Crippen LogP contribution in [0, 0.1) is 13.8 Å². The van der Waals surface area contributed by atoms with Crippen LogP contribution < -0.4 is 15.6 Å². The number of hydrogen-bond donors (Lipinski definition) is 1. The van der Waals surface area contributed by atoms with Crippen LogP contribution in [0.3, 0.4) is 0 Å². The van der Waals surface area contributed by atoms with Gasteiger partial charge in [0.1, 0.15) is 11.8 Å². The molecule has 0 aliphatic heterocycles. The number of aryl methyl sites for hydroxylation is 2. The maximum absolute atomic E-state index is 13.6. The van der Waals surface area contributed by atoms with E-state index >= 15 is 0 Å². The number of ether oxygens (including phenoxy) is 1. The minimum absolute atomic E-state index is 0.169. The first-order valence-corrected chi connectivity index (χ1v) is 12.6. The van der Waals surface area contributed by atoms with Gasteiger partial charge in [-0.25, -0.2) is 0 Å². The zero-order chi connectivity index (χ0) is 27.4. The molecule has 4 rings (SSSR count). The lowest BCUT2D eigenvalue weighted by atomic mass is 9.96. The number of pyridine rings is 1. The zero-order valence-electron chi connectivity index (χ0n) is 21.7. The highest BCUT2D eigenvalue weighted by Gasteiger charge is 2.25. The Balaban J connectivity index is 1.83. The van der Waals surface area contributed by atoms with Gasteiger partial charge in [-0.05, 0) is 67.8 Å². The zero-order valence-corrected chi connectivity index (χ0v) is 22.5. The Bertz CT molecular complexity index is 1560. The predicted molar refractivity (Wildman–Crippen MR) is 151 cm³/mol. The molecule has 0 saturated heterocycles. The van der Waals surface area contributed by atoms with Crippen LogP contribution in [0.4, 0.5) is 5.69 Å². The molecular formula is C31H29ClN2O4. The van der Waals surface area contributed by atoms with E-state index in [1.54, 1.807) is 18.2 Å². The molecule has 1 aromatic heterocycles. The molecule has 1 unspecified atom stereocenters. The van der Waals surface area contributed by atoms with Crippen molar-refractivity contribution in [2.45, 2.75) is 33.2 Å². The van der Waals surface area contributed by atoms with Crippen molar-refractivity contribution < 1.29 is 14.3 Å². The van der Waals surface area contributed by atoms with Gasteiger partial charge in [0.2, 0.25) is 5.91 Å². The monoisotopic (exact) mass is 528 g/mol. The smallest absolute Gasteiger partial charge is 0.252 e. The molecule has 194 valence electrons. The third-order valence-electron chi connectivity index (χ3n) is 6.55. The second-order valence-corrected chi connectivity index (χ2v) is 9.69. The van der Waals surface area contributed by atoms with Gasteiger partial charge < -0.3 is 10.1 Å². The van der Waals surface area contributed by atoms with Gasteiger partial charge in [-0.15, -0.1) is 0 Å². The molecule has 0 radical (unpaired) electrons. The van der Waals surface area contributed by atoms with Gasteiger partial charge in [-0.3, -0.25) is 19.0 Å². The lowest BCUT2D eigenvalue weighted by molar-refractivity contribution is -0.119. The molecule has 1 heterocycles. The van der Waals surface area contributed by atoms with Crippen LogP contribution in [0.25, 0.3) is 11.1 Å². The Morgan fingerprint density at radius 1 is 0.974 bits per heavy atom. The number of hydrogen-bond acceptors (Lipinski definition) is 4. The largest absolute Gasteiger partial charge is 0.495 e. The molecule has 3 aromatic carbocycles. The summed E-state index contributed by atoms with van der Waals surface area (Å²) in [4.78, 5) is 39.5. The molecule has 0 spiro atoms. The van der Waals surface area contributed by atoms with Gasteiger partial charge in [0.25, 0.3) is 5.56 Å². The molecule has 1 amide bonds. The third-order valence-corrected chi connectivity index (χ3v) is 6.78. The molecular weight excluding hydrogens is 500 g/mol. The highest BCUT2D eigenvalue weighted by Crippen LogP contribution is 2.34. The Morgan fingerprint density at radius 2 is 1.68 bits per heavy atom. The first-order valence-electron chi connectivity index (χ1n) is 12.2. The number of carbonyl (C=O) groups is 2. The van der Waals surface area contributed by atoms with E-state index in [4.69, 9.17) is 16.3 Å². The normalized spacial score (nSPS) is 11.6. The first-order chi connectivity index (χ1) is 18.2. The summed E-state index contributed by atoms with van der Waals surface area (Å²) in [5, 5.41) is 3.37. The van der Waals surface area contributed by atoms with Gasteiger partial charge in [0.05, 0.1) is 13.3 Å². The molecule has 0 aliphatic carbocycles. The maximum Gasteiger partial charge on any atom is 0.252 e. The van der Waals surface area contributed by atoms with Gasteiger partial charge >= 0.3 is 0 Å². The average molecular weight is 529 g/mol. The first kappa shape index (κ1) is 26.9. The Labute approximate surface area is 226 Å². The number of benzene rings is 3. The standard InChI is InChI=1S/C31H29ClN2O4/c1-19-9-12-24(13-10-19)33-31(37)28(15-22-8-6-5-7-20(22)2)34-18-29(38-4)27(17-30(34)36)26-16-23(32)11-14-25(26)21(3)35/h5-14,16-18,28H,15H2,1-4H3,(H,33,37). The minimum Gasteiger partial charge on any atom is -0.495 e. The van der Waals surface area contributed by atoms with E-state index in [-0.39, 0.29) is 11.7 Å². The SMILES string of the molecule is COc1cn(C(Cc2ccccc2C)C(=O)Nc2ccc(C)cc2)c(=O)cc1-c1cc(Cl)ccc1C(C)=O. The molecule has 1 atom stereocenters. The van der Waals surface area contributed by atoms with Gasteiger partial charge in [-0.2, -0.15) is 0 Å². The topological polar surface area (TPSA) is 77.4 Å². The van der Waals surface area contributed by atoms with Crippen LogP contribution in [0.15, 0.2) is 83.8 Å². The number of nitrogens with one attached hydrogen (secondary N) is 1. The fourth-order valence-corrected chi connectivity index (χ4v) is 4.59. The van der Waals surface area contributed by atoms with Gasteiger partial charge in [-0.1, -0.05) is 53.6 Å². The predicted octanol–water partition coefficient (Wildman–Crippen LogP) is 6.42. The summed E-state index contributed by atoms with van der Waals surface area (Å²) < 4.78 is 7.04. The molecule has 0 bridgehead atoms. The van der Waals surface area contributed by atoms with Crippen molar-refractivity contribution in [2.24, 2.45) is 0 Å². The molecule has 0 aliphatic rings. The fraction of sp³-hybridized carbons (Fsp3) is 0.194. The number of ketones is 1.